The first-order valence-corrected chi connectivity index (χ1v) is 7.94. The zero-order chi connectivity index (χ0) is 15.2. The molecule has 2 rings (SSSR count). The van der Waals surface area contributed by atoms with Crippen molar-refractivity contribution in [2.75, 3.05) is 11.9 Å². The molecule has 0 unspecified atom stereocenters. The van der Waals surface area contributed by atoms with Crippen LogP contribution in [0.2, 0.25) is 5.15 Å². The van der Waals surface area contributed by atoms with Crippen LogP contribution in [0.25, 0.3) is 0 Å². The van der Waals surface area contributed by atoms with Crippen molar-refractivity contribution in [1.82, 2.24) is 15.3 Å². The van der Waals surface area contributed by atoms with Crippen molar-refractivity contribution in [2.24, 2.45) is 0 Å². The van der Waals surface area contributed by atoms with Gasteiger partial charge >= 0.3 is 0 Å². The largest absolute Gasteiger partial charge is 0.370 e. The molecule has 0 saturated carbocycles. The molecular formula is C14H17ClN4OS. The predicted octanol–water partition coefficient (Wildman–Crippen LogP) is 3.25. The van der Waals surface area contributed by atoms with Gasteiger partial charge < -0.3 is 10.6 Å². The molecule has 1 amide bonds. The van der Waals surface area contributed by atoms with Gasteiger partial charge in [0.15, 0.2) is 0 Å². The van der Waals surface area contributed by atoms with Gasteiger partial charge in [0.05, 0.1) is 17.7 Å². The average molecular weight is 325 g/mol. The van der Waals surface area contributed by atoms with Crippen LogP contribution in [0.1, 0.15) is 34.3 Å². The maximum Gasteiger partial charge on any atom is 0.251 e. The zero-order valence-corrected chi connectivity index (χ0v) is 13.5. The normalized spacial score (nSPS) is 10.4. The van der Waals surface area contributed by atoms with E-state index in [9.17, 15) is 4.79 Å². The van der Waals surface area contributed by atoms with Gasteiger partial charge in [0.2, 0.25) is 0 Å². The molecule has 7 heteroatoms. The van der Waals surface area contributed by atoms with E-state index in [2.05, 4.69) is 27.5 Å². The Morgan fingerprint density at radius 3 is 2.90 bits per heavy atom. The summed E-state index contributed by atoms with van der Waals surface area (Å²) in [6, 6.07) is 3.27. The lowest BCUT2D eigenvalue weighted by Crippen LogP contribution is -2.23. The second-order valence-corrected chi connectivity index (χ2v) is 5.86. The molecule has 0 radical (unpaired) electrons. The summed E-state index contributed by atoms with van der Waals surface area (Å²) in [5.74, 6) is 0.440. The third-order valence-corrected chi connectivity index (χ3v) is 4.00. The number of amides is 1. The number of thiazole rings is 1. The first-order chi connectivity index (χ1) is 10.1. The van der Waals surface area contributed by atoms with Gasteiger partial charge in [0, 0.05) is 17.0 Å². The zero-order valence-electron chi connectivity index (χ0n) is 11.9. The smallest absolute Gasteiger partial charge is 0.251 e. The van der Waals surface area contributed by atoms with Crippen LogP contribution in [-0.2, 0) is 6.54 Å². The van der Waals surface area contributed by atoms with E-state index in [4.69, 9.17) is 11.6 Å². The van der Waals surface area contributed by atoms with Crippen molar-refractivity contribution in [2.45, 2.75) is 26.8 Å². The van der Waals surface area contributed by atoms with Crippen LogP contribution in [0, 0.1) is 6.92 Å². The fourth-order valence-electron chi connectivity index (χ4n) is 1.73. The van der Waals surface area contributed by atoms with E-state index >= 15 is 0 Å². The minimum absolute atomic E-state index is 0.174. The molecule has 0 aliphatic rings. The number of nitrogens with zero attached hydrogens (tertiary/aromatic N) is 2. The van der Waals surface area contributed by atoms with Crippen molar-refractivity contribution >= 4 is 34.7 Å². The number of carbonyl (C=O) groups excluding carboxylic acids is 1. The van der Waals surface area contributed by atoms with Gasteiger partial charge in [-0.3, -0.25) is 4.79 Å². The van der Waals surface area contributed by atoms with Crippen LogP contribution in [0.5, 0.6) is 0 Å². The van der Waals surface area contributed by atoms with Crippen LogP contribution < -0.4 is 10.6 Å². The third-order valence-electron chi connectivity index (χ3n) is 2.87. The molecule has 2 heterocycles. The summed E-state index contributed by atoms with van der Waals surface area (Å²) < 4.78 is 0. The number of rotatable bonds is 6. The number of aromatic nitrogens is 2. The molecule has 0 aliphatic carbocycles. The van der Waals surface area contributed by atoms with Gasteiger partial charge in [-0.05, 0) is 25.5 Å². The van der Waals surface area contributed by atoms with E-state index in [0.29, 0.717) is 23.1 Å². The maximum absolute atomic E-state index is 12.2. The van der Waals surface area contributed by atoms with Gasteiger partial charge in [0.25, 0.3) is 5.91 Å². The Kier molecular flexibility index (Phi) is 5.52. The molecule has 0 atom stereocenters. The number of carbonyl (C=O) groups is 1. The summed E-state index contributed by atoms with van der Waals surface area (Å²) >= 11 is 7.49. The summed E-state index contributed by atoms with van der Waals surface area (Å²) in [4.78, 5) is 21.5. The number of hydrogen-bond donors (Lipinski definition) is 2. The Morgan fingerprint density at radius 2 is 2.24 bits per heavy atom. The number of nitrogens with one attached hydrogen (secondary N) is 2. The minimum atomic E-state index is -0.174. The Morgan fingerprint density at radius 1 is 1.43 bits per heavy atom. The highest BCUT2D eigenvalue weighted by Crippen LogP contribution is 2.16. The Hall–Kier alpha value is -1.66. The quantitative estimate of drug-likeness (QED) is 0.800. The van der Waals surface area contributed by atoms with Gasteiger partial charge in [-0.25, -0.2) is 9.97 Å². The summed E-state index contributed by atoms with van der Waals surface area (Å²) in [6.07, 6.45) is 0.973. The summed E-state index contributed by atoms with van der Waals surface area (Å²) in [6.45, 7) is 5.23. The number of hydrogen-bond acceptors (Lipinski definition) is 5. The molecule has 2 aromatic rings. The highest BCUT2D eigenvalue weighted by Gasteiger charge is 2.10. The SMILES string of the molecule is CCCNc1cc(C(=O)NCc2scnc2C)cc(Cl)n1. The molecule has 0 bridgehead atoms. The van der Waals surface area contributed by atoms with Gasteiger partial charge in [-0.15, -0.1) is 11.3 Å². The molecule has 2 aromatic heterocycles. The second kappa shape index (κ2) is 7.38. The van der Waals surface area contributed by atoms with Crippen molar-refractivity contribution in [1.29, 1.82) is 0 Å². The molecule has 0 aromatic carbocycles. The van der Waals surface area contributed by atoms with E-state index in [-0.39, 0.29) is 5.91 Å². The van der Waals surface area contributed by atoms with E-state index in [1.54, 1.807) is 17.6 Å². The van der Waals surface area contributed by atoms with Gasteiger partial charge in [-0.1, -0.05) is 18.5 Å². The predicted molar refractivity (Wildman–Crippen MR) is 86.0 cm³/mol. The van der Waals surface area contributed by atoms with E-state index in [0.717, 1.165) is 23.5 Å². The standard InChI is InChI=1S/C14H17ClN4OS/c1-3-4-16-13-6-10(5-12(15)19-13)14(20)17-7-11-9(2)18-8-21-11/h5-6,8H,3-4,7H2,1-2H3,(H,16,19)(H,17,20). The molecule has 21 heavy (non-hydrogen) atoms. The maximum atomic E-state index is 12.2. The lowest BCUT2D eigenvalue weighted by molar-refractivity contribution is 0.0951. The number of halogens is 1. The molecule has 2 N–H and O–H groups in total. The first-order valence-electron chi connectivity index (χ1n) is 6.68. The fraction of sp³-hybridized carbons (Fsp3) is 0.357. The van der Waals surface area contributed by atoms with Crippen molar-refractivity contribution < 1.29 is 4.79 Å². The third kappa shape index (κ3) is 4.41. The van der Waals surface area contributed by atoms with Crippen LogP contribution >= 0.6 is 22.9 Å². The van der Waals surface area contributed by atoms with Gasteiger partial charge in [-0.2, -0.15) is 0 Å². The van der Waals surface area contributed by atoms with Crippen LogP contribution in [0.15, 0.2) is 17.6 Å². The molecule has 0 spiro atoms. The summed E-state index contributed by atoms with van der Waals surface area (Å²) in [5.41, 5.74) is 3.21. The fourth-order valence-corrected chi connectivity index (χ4v) is 2.66. The molecular weight excluding hydrogens is 308 g/mol. The minimum Gasteiger partial charge on any atom is -0.370 e. The molecule has 0 aliphatic heterocycles. The number of aryl methyl sites for hydroxylation is 1. The number of pyridine rings is 1. The Labute approximate surface area is 132 Å². The van der Waals surface area contributed by atoms with Crippen molar-refractivity contribution in [3.05, 3.63) is 38.9 Å². The Bertz CT molecular complexity index is 629. The molecule has 112 valence electrons. The monoisotopic (exact) mass is 324 g/mol. The van der Waals surface area contributed by atoms with Crippen LogP contribution in [-0.4, -0.2) is 22.4 Å². The second-order valence-electron chi connectivity index (χ2n) is 4.53. The van der Waals surface area contributed by atoms with E-state index in [1.165, 1.54) is 11.3 Å². The van der Waals surface area contributed by atoms with Crippen LogP contribution in [0.4, 0.5) is 5.82 Å². The highest BCUT2D eigenvalue weighted by atomic mass is 35.5. The van der Waals surface area contributed by atoms with Crippen molar-refractivity contribution in [3.63, 3.8) is 0 Å². The first kappa shape index (κ1) is 15.7. The molecule has 5 nitrogen and oxygen atoms in total. The summed E-state index contributed by atoms with van der Waals surface area (Å²) in [5, 5.41) is 6.30. The topological polar surface area (TPSA) is 66.9 Å². The lowest BCUT2D eigenvalue weighted by Gasteiger charge is -2.08. The number of anilines is 1. The van der Waals surface area contributed by atoms with Crippen LogP contribution in [0.3, 0.4) is 0 Å². The Balaban J connectivity index is 2.04. The van der Waals surface area contributed by atoms with Crippen molar-refractivity contribution in [3.8, 4) is 0 Å². The molecule has 0 saturated heterocycles. The lowest BCUT2D eigenvalue weighted by atomic mass is 10.2. The van der Waals surface area contributed by atoms with Gasteiger partial charge in [0.1, 0.15) is 11.0 Å². The molecule has 0 fully saturated rings. The van der Waals surface area contributed by atoms with E-state index < -0.39 is 0 Å². The summed E-state index contributed by atoms with van der Waals surface area (Å²) in [7, 11) is 0. The average Bonchev–Trinajstić information content (AvgIpc) is 2.87. The highest BCUT2D eigenvalue weighted by molar-refractivity contribution is 7.09. The van der Waals surface area contributed by atoms with E-state index in [1.807, 2.05) is 6.92 Å².